The summed E-state index contributed by atoms with van der Waals surface area (Å²) < 4.78 is 5.56. The maximum Gasteiger partial charge on any atom is 0.320 e. The van der Waals surface area contributed by atoms with E-state index in [1.165, 1.54) is 0 Å². The van der Waals surface area contributed by atoms with E-state index in [0.717, 1.165) is 6.42 Å². The average Bonchev–Trinajstić information content (AvgIpc) is 2.32. The summed E-state index contributed by atoms with van der Waals surface area (Å²) in [6.45, 7) is 6.98. The molecule has 2 N–H and O–H groups in total. The maximum absolute atomic E-state index is 12.0. The van der Waals surface area contributed by atoms with Crippen molar-refractivity contribution in [1.29, 1.82) is 0 Å². The molecular formula is C13H25ClN2O4. The lowest BCUT2D eigenvalue weighted by Crippen LogP contribution is -2.52. The van der Waals surface area contributed by atoms with Crippen LogP contribution >= 0.6 is 12.4 Å². The van der Waals surface area contributed by atoms with Gasteiger partial charge in [-0.05, 0) is 20.3 Å². The second kappa shape index (κ2) is 9.15. The number of nitrogens with one attached hydrogen (secondary N) is 1. The molecule has 0 aromatic rings. The molecule has 1 fully saturated rings. The number of nitrogens with zero attached hydrogens (tertiary/aromatic N) is 1. The first kappa shape index (κ1) is 19.1. The smallest absolute Gasteiger partial charge is 0.320 e. The normalized spacial score (nSPS) is 23.9. The highest BCUT2D eigenvalue weighted by Crippen LogP contribution is 2.10. The van der Waals surface area contributed by atoms with Gasteiger partial charge in [-0.3, -0.25) is 14.9 Å². The number of morpholine rings is 1. The van der Waals surface area contributed by atoms with Crippen LogP contribution in [0.15, 0.2) is 0 Å². The van der Waals surface area contributed by atoms with E-state index in [1.807, 2.05) is 20.8 Å². The number of carboxylic acid groups (broad SMARTS) is 1. The summed E-state index contributed by atoms with van der Waals surface area (Å²) in [5.74, 6) is -0.970. The minimum absolute atomic E-state index is 0. The van der Waals surface area contributed by atoms with Crippen LogP contribution in [0, 0.1) is 0 Å². The number of carboxylic acids is 1. The van der Waals surface area contributed by atoms with Gasteiger partial charge in [0.15, 0.2) is 0 Å². The zero-order valence-electron chi connectivity index (χ0n) is 12.3. The molecule has 1 heterocycles. The molecule has 1 amide bonds. The highest BCUT2D eigenvalue weighted by atomic mass is 35.5. The fourth-order valence-electron chi connectivity index (χ4n) is 2.31. The molecule has 1 aliphatic rings. The zero-order valence-corrected chi connectivity index (χ0v) is 13.1. The monoisotopic (exact) mass is 308 g/mol. The van der Waals surface area contributed by atoms with Gasteiger partial charge in [0.1, 0.15) is 6.04 Å². The van der Waals surface area contributed by atoms with Gasteiger partial charge in [0.2, 0.25) is 5.91 Å². The molecule has 1 rings (SSSR count). The first-order chi connectivity index (χ1) is 8.93. The molecular weight excluding hydrogens is 284 g/mol. The molecule has 3 atom stereocenters. The van der Waals surface area contributed by atoms with Crippen LogP contribution in [0.4, 0.5) is 0 Å². The van der Waals surface area contributed by atoms with Crippen molar-refractivity contribution in [3.63, 3.8) is 0 Å². The van der Waals surface area contributed by atoms with Crippen LogP contribution in [-0.4, -0.2) is 59.8 Å². The number of rotatable bonds is 6. The maximum atomic E-state index is 12.0. The Kier molecular flexibility index (Phi) is 8.76. The number of carbonyl (C=O) groups excluding carboxylic acids is 1. The number of halogens is 1. The first-order valence-corrected chi connectivity index (χ1v) is 6.83. The SMILES string of the molecule is CCCC(NCC(=O)N1CC(C)OC(C)C1)C(=O)O.Cl. The third-order valence-corrected chi connectivity index (χ3v) is 3.15. The Morgan fingerprint density at radius 3 is 2.35 bits per heavy atom. The van der Waals surface area contributed by atoms with Gasteiger partial charge in [-0.2, -0.15) is 0 Å². The van der Waals surface area contributed by atoms with Crippen LogP contribution in [0.5, 0.6) is 0 Å². The number of aliphatic carboxylic acids is 1. The summed E-state index contributed by atoms with van der Waals surface area (Å²) in [5, 5.41) is 11.8. The van der Waals surface area contributed by atoms with Gasteiger partial charge in [0.05, 0.1) is 18.8 Å². The summed E-state index contributed by atoms with van der Waals surface area (Å²) >= 11 is 0. The Morgan fingerprint density at radius 2 is 1.90 bits per heavy atom. The molecule has 20 heavy (non-hydrogen) atoms. The topological polar surface area (TPSA) is 78.9 Å². The summed E-state index contributed by atoms with van der Waals surface area (Å²) in [7, 11) is 0. The summed E-state index contributed by atoms with van der Waals surface area (Å²) in [6.07, 6.45) is 1.35. The van der Waals surface area contributed by atoms with Gasteiger partial charge >= 0.3 is 5.97 Å². The van der Waals surface area contributed by atoms with Crippen molar-refractivity contribution < 1.29 is 19.4 Å². The quantitative estimate of drug-likeness (QED) is 0.762. The molecule has 0 spiro atoms. The van der Waals surface area contributed by atoms with E-state index in [-0.39, 0.29) is 37.1 Å². The van der Waals surface area contributed by atoms with E-state index in [1.54, 1.807) is 4.90 Å². The lowest BCUT2D eigenvalue weighted by atomic mass is 10.1. The van der Waals surface area contributed by atoms with Crippen molar-refractivity contribution in [2.75, 3.05) is 19.6 Å². The van der Waals surface area contributed by atoms with Crippen LogP contribution in [0.25, 0.3) is 0 Å². The summed E-state index contributed by atoms with van der Waals surface area (Å²) in [4.78, 5) is 24.7. The summed E-state index contributed by atoms with van der Waals surface area (Å²) in [5.41, 5.74) is 0. The molecule has 0 bridgehead atoms. The van der Waals surface area contributed by atoms with Crippen molar-refractivity contribution in [2.45, 2.75) is 51.9 Å². The highest BCUT2D eigenvalue weighted by Gasteiger charge is 2.26. The molecule has 0 aliphatic carbocycles. The Balaban J connectivity index is 0.00000361. The second-order valence-corrected chi connectivity index (χ2v) is 5.12. The number of ether oxygens (including phenoxy) is 1. The Morgan fingerprint density at radius 1 is 1.35 bits per heavy atom. The number of hydrogen-bond donors (Lipinski definition) is 2. The molecule has 0 radical (unpaired) electrons. The fourth-order valence-corrected chi connectivity index (χ4v) is 2.31. The Hall–Kier alpha value is -0.850. The minimum atomic E-state index is -0.904. The van der Waals surface area contributed by atoms with E-state index in [9.17, 15) is 9.59 Å². The van der Waals surface area contributed by atoms with Crippen molar-refractivity contribution in [3.8, 4) is 0 Å². The first-order valence-electron chi connectivity index (χ1n) is 6.83. The molecule has 1 aliphatic heterocycles. The standard InChI is InChI=1S/C13H24N2O4.ClH/c1-4-5-11(13(17)18)14-6-12(16)15-7-9(2)19-10(3)8-15;/h9-11,14H,4-8H2,1-3H3,(H,17,18);1H. The average molecular weight is 309 g/mol. The molecule has 0 aromatic carbocycles. The lowest BCUT2D eigenvalue weighted by molar-refractivity contribution is -0.143. The van der Waals surface area contributed by atoms with E-state index in [0.29, 0.717) is 19.5 Å². The van der Waals surface area contributed by atoms with Gasteiger partial charge in [0.25, 0.3) is 0 Å². The largest absolute Gasteiger partial charge is 0.480 e. The molecule has 118 valence electrons. The molecule has 0 saturated carbocycles. The van der Waals surface area contributed by atoms with E-state index in [4.69, 9.17) is 9.84 Å². The van der Waals surface area contributed by atoms with Crippen LogP contribution < -0.4 is 5.32 Å². The number of hydrogen-bond acceptors (Lipinski definition) is 4. The third-order valence-electron chi connectivity index (χ3n) is 3.15. The fraction of sp³-hybridized carbons (Fsp3) is 0.846. The van der Waals surface area contributed by atoms with Gasteiger partial charge in [-0.1, -0.05) is 13.3 Å². The van der Waals surface area contributed by atoms with Gasteiger partial charge in [0, 0.05) is 13.1 Å². The predicted molar refractivity (Wildman–Crippen MR) is 78.2 cm³/mol. The van der Waals surface area contributed by atoms with Crippen molar-refractivity contribution in [1.82, 2.24) is 10.2 Å². The van der Waals surface area contributed by atoms with Crippen LogP contribution in [0.3, 0.4) is 0 Å². The Bertz CT molecular complexity index is 317. The Labute approximate surface area is 126 Å². The van der Waals surface area contributed by atoms with Crippen LogP contribution in [0.2, 0.25) is 0 Å². The second-order valence-electron chi connectivity index (χ2n) is 5.12. The van der Waals surface area contributed by atoms with Crippen LogP contribution in [0.1, 0.15) is 33.6 Å². The van der Waals surface area contributed by atoms with Crippen molar-refractivity contribution in [3.05, 3.63) is 0 Å². The molecule has 3 unspecified atom stereocenters. The van der Waals surface area contributed by atoms with Crippen LogP contribution in [-0.2, 0) is 14.3 Å². The zero-order chi connectivity index (χ0) is 14.4. The molecule has 1 saturated heterocycles. The highest BCUT2D eigenvalue weighted by molar-refractivity contribution is 5.85. The molecule has 6 nitrogen and oxygen atoms in total. The third kappa shape index (κ3) is 6.07. The predicted octanol–water partition coefficient (Wildman–Crippen LogP) is 0.887. The number of amides is 1. The van der Waals surface area contributed by atoms with Crippen molar-refractivity contribution in [2.24, 2.45) is 0 Å². The summed E-state index contributed by atoms with van der Waals surface area (Å²) in [6, 6.07) is -0.648. The molecule has 0 aromatic heterocycles. The van der Waals surface area contributed by atoms with E-state index < -0.39 is 12.0 Å². The van der Waals surface area contributed by atoms with E-state index in [2.05, 4.69) is 5.32 Å². The molecule has 7 heteroatoms. The number of carbonyl (C=O) groups is 2. The van der Waals surface area contributed by atoms with E-state index >= 15 is 0 Å². The van der Waals surface area contributed by atoms with Crippen molar-refractivity contribution >= 4 is 24.3 Å². The lowest BCUT2D eigenvalue weighted by Gasteiger charge is -2.35. The van der Waals surface area contributed by atoms with Gasteiger partial charge in [-0.25, -0.2) is 0 Å². The minimum Gasteiger partial charge on any atom is -0.480 e. The van der Waals surface area contributed by atoms with Gasteiger partial charge in [-0.15, -0.1) is 12.4 Å². The van der Waals surface area contributed by atoms with Gasteiger partial charge < -0.3 is 14.7 Å².